The Labute approximate surface area is 249 Å². The first-order chi connectivity index (χ1) is 21.0. The van der Waals surface area contributed by atoms with Gasteiger partial charge >= 0.3 is 0 Å². The molecular weight excluding hydrogens is 540 g/mol. The monoisotopic (exact) mass is 572 g/mol. The first-order valence-corrected chi connectivity index (χ1v) is 14.3. The van der Waals surface area contributed by atoms with Gasteiger partial charge in [-0.05, 0) is 67.3 Å². The number of rotatable bonds is 8. The number of carbonyl (C=O) groups excluding carboxylic acids is 2. The highest BCUT2D eigenvalue weighted by molar-refractivity contribution is 6.14. The zero-order chi connectivity index (χ0) is 29.8. The molecule has 4 N–H and O–H groups in total. The number of piperidine rings is 1. The molecule has 0 saturated carbocycles. The van der Waals surface area contributed by atoms with Crippen LogP contribution in [0.2, 0.25) is 0 Å². The molecule has 6 rings (SSSR count). The van der Waals surface area contributed by atoms with Crippen LogP contribution in [0.4, 0.5) is 28.7 Å². The molecule has 1 aliphatic rings. The fourth-order valence-electron chi connectivity index (χ4n) is 5.19. The zero-order valence-corrected chi connectivity index (χ0v) is 23.8. The minimum absolute atomic E-state index is 0.155. The van der Waals surface area contributed by atoms with E-state index >= 15 is 0 Å². The van der Waals surface area contributed by atoms with Crippen molar-refractivity contribution < 1.29 is 9.59 Å². The summed E-state index contributed by atoms with van der Waals surface area (Å²) in [5.41, 5.74) is 4.89. The summed E-state index contributed by atoms with van der Waals surface area (Å²) in [6, 6.07) is 24.6. The molecule has 1 fully saturated rings. The quantitative estimate of drug-likeness (QED) is 0.159. The highest BCUT2D eigenvalue weighted by Gasteiger charge is 2.22. The molecule has 0 unspecified atom stereocenters. The van der Waals surface area contributed by atoms with E-state index in [9.17, 15) is 9.59 Å². The van der Waals surface area contributed by atoms with Crippen LogP contribution in [0.15, 0.2) is 91.5 Å². The fraction of sp³-hybridized carbons (Fsp3) is 0.182. The van der Waals surface area contributed by atoms with E-state index in [0.29, 0.717) is 39.6 Å². The van der Waals surface area contributed by atoms with E-state index in [2.05, 4.69) is 61.7 Å². The van der Waals surface area contributed by atoms with Crippen molar-refractivity contribution in [3.05, 3.63) is 97.2 Å². The summed E-state index contributed by atoms with van der Waals surface area (Å²) in [5.74, 6) is 0.351. The van der Waals surface area contributed by atoms with E-state index in [0.717, 1.165) is 30.4 Å². The SMILES string of the molecule is C=CC(=O)Nc1cccc(-c2nc(Nc3cccc(N4CCC(C)CC4)c3)nc3[nH]nc(C(=O)Nc4ccccc4)c23)c1. The lowest BCUT2D eigenvalue weighted by atomic mass is 9.99. The van der Waals surface area contributed by atoms with Gasteiger partial charge in [0.15, 0.2) is 11.3 Å². The lowest BCUT2D eigenvalue weighted by Crippen LogP contribution is -2.32. The van der Waals surface area contributed by atoms with Crippen LogP contribution in [0, 0.1) is 5.92 Å². The average Bonchev–Trinajstić information content (AvgIpc) is 3.46. The van der Waals surface area contributed by atoms with E-state index < -0.39 is 5.91 Å². The number of benzene rings is 3. The molecule has 0 spiro atoms. The number of nitrogens with one attached hydrogen (secondary N) is 4. The summed E-state index contributed by atoms with van der Waals surface area (Å²) in [6.07, 6.45) is 3.55. The Bertz CT molecular complexity index is 1790. The molecule has 3 aromatic carbocycles. The molecule has 1 aliphatic heterocycles. The van der Waals surface area contributed by atoms with E-state index in [1.165, 1.54) is 18.9 Å². The summed E-state index contributed by atoms with van der Waals surface area (Å²) in [6.45, 7) is 7.88. The Morgan fingerprint density at radius 3 is 2.44 bits per heavy atom. The second-order valence-corrected chi connectivity index (χ2v) is 10.6. The number of para-hydroxylation sites is 1. The third-order valence-electron chi connectivity index (χ3n) is 7.51. The number of aromatic nitrogens is 4. The summed E-state index contributed by atoms with van der Waals surface area (Å²) < 4.78 is 0. The minimum Gasteiger partial charge on any atom is -0.371 e. The predicted molar refractivity (Wildman–Crippen MR) is 171 cm³/mol. The van der Waals surface area contributed by atoms with Gasteiger partial charge in [0.2, 0.25) is 11.9 Å². The van der Waals surface area contributed by atoms with Gasteiger partial charge in [0.25, 0.3) is 5.91 Å². The van der Waals surface area contributed by atoms with Crippen LogP contribution in [0.1, 0.15) is 30.3 Å². The van der Waals surface area contributed by atoms with Crippen molar-refractivity contribution in [3.8, 4) is 11.3 Å². The largest absolute Gasteiger partial charge is 0.371 e. The van der Waals surface area contributed by atoms with E-state index in [1.807, 2.05) is 42.5 Å². The van der Waals surface area contributed by atoms with Gasteiger partial charge in [-0.15, -0.1) is 0 Å². The van der Waals surface area contributed by atoms with Crippen molar-refractivity contribution in [2.24, 2.45) is 5.92 Å². The number of hydrogen-bond acceptors (Lipinski definition) is 7. The van der Waals surface area contributed by atoms with Crippen LogP contribution in [-0.2, 0) is 4.79 Å². The van der Waals surface area contributed by atoms with Gasteiger partial charge in [-0.2, -0.15) is 10.1 Å². The van der Waals surface area contributed by atoms with Crippen LogP contribution in [0.5, 0.6) is 0 Å². The maximum absolute atomic E-state index is 13.4. The molecular formula is C33H32N8O2. The lowest BCUT2D eigenvalue weighted by molar-refractivity contribution is -0.111. The van der Waals surface area contributed by atoms with Crippen LogP contribution < -0.4 is 20.9 Å². The lowest BCUT2D eigenvalue weighted by Gasteiger charge is -2.32. The van der Waals surface area contributed by atoms with Crippen molar-refractivity contribution in [2.75, 3.05) is 33.9 Å². The molecule has 0 bridgehead atoms. The number of carbonyl (C=O) groups is 2. The van der Waals surface area contributed by atoms with Crippen molar-refractivity contribution >= 4 is 51.5 Å². The van der Waals surface area contributed by atoms with Crippen LogP contribution in [0.25, 0.3) is 22.3 Å². The molecule has 216 valence electrons. The Morgan fingerprint density at radius 1 is 0.907 bits per heavy atom. The first-order valence-electron chi connectivity index (χ1n) is 14.3. The van der Waals surface area contributed by atoms with Crippen LogP contribution in [-0.4, -0.2) is 45.1 Å². The Kier molecular flexibility index (Phi) is 7.82. The molecule has 2 aromatic heterocycles. The number of H-pyrrole nitrogens is 1. The number of amides is 2. The van der Waals surface area contributed by atoms with E-state index in [1.54, 1.807) is 24.3 Å². The average molecular weight is 573 g/mol. The standard InChI is InChI=1S/C33H32N8O2/c1-3-27(42)34-24-12-7-9-22(19-24)29-28-30(32(43)35-23-10-5-4-6-11-23)39-40-31(28)38-33(37-29)36-25-13-8-14-26(20-25)41-17-15-21(2)16-18-41/h3-14,19-21H,1,15-18H2,2H3,(H,34,42)(H,35,43)(H2,36,37,38,39,40). The van der Waals surface area contributed by atoms with Crippen molar-refractivity contribution in [2.45, 2.75) is 19.8 Å². The Morgan fingerprint density at radius 2 is 1.65 bits per heavy atom. The van der Waals surface area contributed by atoms with E-state index in [4.69, 9.17) is 4.98 Å². The summed E-state index contributed by atoms with van der Waals surface area (Å²) in [4.78, 5) is 37.3. The van der Waals surface area contributed by atoms with Gasteiger partial charge in [-0.1, -0.05) is 49.9 Å². The Hall–Kier alpha value is -5.51. The maximum atomic E-state index is 13.4. The topological polar surface area (TPSA) is 128 Å². The number of fused-ring (bicyclic) bond motifs is 1. The van der Waals surface area contributed by atoms with Crippen molar-refractivity contribution in [3.63, 3.8) is 0 Å². The number of anilines is 5. The van der Waals surface area contributed by atoms with Crippen molar-refractivity contribution in [1.82, 2.24) is 20.2 Å². The van der Waals surface area contributed by atoms with Crippen LogP contribution in [0.3, 0.4) is 0 Å². The fourth-order valence-corrected chi connectivity index (χ4v) is 5.19. The zero-order valence-electron chi connectivity index (χ0n) is 23.8. The molecule has 0 atom stereocenters. The molecule has 0 radical (unpaired) electrons. The molecule has 43 heavy (non-hydrogen) atoms. The number of nitrogens with zero attached hydrogens (tertiary/aromatic N) is 4. The van der Waals surface area contributed by atoms with E-state index in [-0.39, 0.29) is 11.6 Å². The van der Waals surface area contributed by atoms with Crippen molar-refractivity contribution in [1.29, 1.82) is 0 Å². The minimum atomic E-state index is -0.400. The third kappa shape index (κ3) is 6.23. The number of aromatic amines is 1. The predicted octanol–water partition coefficient (Wildman–Crippen LogP) is 6.38. The normalized spacial score (nSPS) is 13.5. The molecule has 0 aliphatic carbocycles. The third-order valence-corrected chi connectivity index (χ3v) is 7.51. The Balaban J connectivity index is 1.39. The highest BCUT2D eigenvalue weighted by Crippen LogP contribution is 2.32. The van der Waals surface area contributed by atoms with Gasteiger partial charge in [0, 0.05) is 41.4 Å². The summed E-state index contributed by atoms with van der Waals surface area (Å²) in [7, 11) is 0. The molecule has 1 saturated heterocycles. The summed E-state index contributed by atoms with van der Waals surface area (Å²) >= 11 is 0. The first kappa shape index (κ1) is 27.6. The second-order valence-electron chi connectivity index (χ2n) is 10.6. The highest BCUT2D eigenvalue weighted by atomic mass is 16.2. The molecule has 3 heterocycles. The second kappa shape index (κ2) is 12.2. The molecule has 10 heteroatoms. The van der Waals surface area contributed by atoms with Gasteiger partial charge in [-0.25, -0.2) is 4.98 Å². The summed E-state index contributed by atoms with van der Waals surface area (Å²) in [5, 5.41) is 16.7. The maximum Gasteiger partial charge on any atom is 0.276 e. The van der Waals surface area contributed by atoms with Crippen LogP contribution >= 0.6 is 0 Å². The van der Waals surface area contributed by atoms with Gasteiger partial charge in [0.1, 0.15) is 0 Å². The molecule has 5 aromatic rings. The molecule has 10 nitrogen and oxygen atoms in total. The smallest absolute Gasteiger partial charge is 0.276 e. The van der Waals surface area contributed by atoms with Gasteiger partial charge in [0.05, 0.1) is 11.1 Å². The number of hydrogen-bond donors (Lipinski definition) is 4. The van der Waals surface area contributed by atoms with Gasteiger partial charge < -0.3 is 20.9 Å². The molecule has 2 amide bonds. The van der Waals surface area contributed by atoms with Gasteiger partial charge in [-0.3, -0.25) is 14.7 Å².